The van der Waals surface area contributed by atoms with E-state index in [1.165, 1.54) is 0 Å². The standard InChI is InChI=1S/C3H4Cl2O2.K/c1-3(4,5)2(6)7;/h1H3,(H,6,7);/q;+1/p-1. The Hall–Kier alpha value is 1.69. The van der Waals surface area contributed by atoms with E-state index in [0.29, 0.717) is 0 Å². The molecule has 0 unspecified atom stereocenters. The third kappa shape index (κ3) is 5.82. The van der Waals surface area contributed by atoms with Crippen LogP contribution >= 0.6 is 23.2 Å². The molecule has 0 spiro atoms. The van der Waals surface area contributed by atoms with Crippen LogP contribution in [-0.4, -0.2) is 10.3 Å². The summed E-state index contributed by atoms with van der Waals surface area (Å²) in [6.07, 6.45) is 0. The maximum Gasteiger partial charge on any atom is 1.00 e. The molecule has 42 valence electrons. The van der Waals surface area contributed by atoms with Gasteiger partial charge in [-0.25, -0.2) is 0 Å². The van der Waals surface area contributed by atoms with E-state index in [1.807, 2.05) is 0 Å². The van der Waals surface area contributed by atoms with Crippen LogP contribution in [0.15, 0.2) is 0 Å². The first-order valence-corrected chi connectivity index (χ1v) is 2.29. The molecule has 0 atom stereocenters. The van der Waals surface area contributed by atoms with Crippen molar-refractivity contribution in [3.63, 3.8) is 0 Å². The van der Waals surface area contributed by atoms with E-state index in [9.17, 15) is 9.90 Å². The van der Waals surface area contributed by atoms with Gasteiger partial charge >= 0.3 is 51.4 Å². The first kappa shape index (κ1) is 12.4. The molecule has 0 aliphatic carbocycles. The Bertz CT molecular complexity index is 87.8. The minimum atomic E-state index is -1.75. The number of aliphatic carboxylic acids is 1. The second-order valence-electron chi connectivity index (χ2n) is 1.18. The number of carbonyl (C=O) groups excluding carboxylic acids is 1. The summed E-state index contributed by atoms with van der Waals surface area (Å²) >= 11 is 9.94. The van der Waals surface area contributed by atoms with Crippen molar-refractivity contribution in [3.05, 3.63) is 0 Å². The van der Waals surface area contributed by atoms with Crippen LogP contribution in [0.5, 0.6) is 0 Å². The van der Waals surface area contributed by atoms with E-state index in [1.54, 1.807) is 0 Å². The Morgan fingerprint density at radius 2 is 1.75 bits per heavy atom. The summed E-state index contributed by atoms with van der Waals surface area (Å²) in [6, 6.07) is 0. The SMILES string of the molecule is CC(Cl)(Cl)C(=O)[O-].[K+]. The second kappa shape index (κ2) is 4.49. The Balaban J connectivity index is 0. The molecule has 0 saturated heterocycles. The minimum absolute atomic E-state index is 0. The summed E-state index contributed by atoms with van der Waals surface area (Å²) in [5.41, 5.74) is 0. The average Bonchev–Trinajstić information content (AvgIpc) is 1.31. The largest absolute Gasteiger partial charge is 1.00 e. The van der Waals surface area contributed by atoms with Crippen molar-refractivity contribution in [2.75, 3.05) is 0 Å². The number of carboxylic acid groups (broad SMARTS) is 1. The Morgan fingerprint density at radius 1 is 1.62 bits per heavy atom. The van der Waals surface area contributed by atoms with E-state index in [2.05, 4.69) is 0 Å². The first-order valence-electron chi connectivity index (χ1n) is 1.54. The van der Waals surface area contributed by atoms with Gasteiger partial charge < -0.3 is 9.90 Å². The van der Waals surface area contributed by atoms with Crippen LogP contribution in [0.4, 0.5) is 0 Å². The van der Waals surface area contributed by atoms with Gasteiger partial charge in [0, 0.05) is 0 Å². The topological polar surface area (TPSA) is 40.1 Å². The molecular formula is C3H3Cl2KO2. The van der Waals surface area contributed by atoms with Gasteiger partial charge in [0.25, 0.3) is 0 Å². The van der Waals surface area contributed by atoms with Crippen LogP contribution < -0.4 is 56.5 Å². The zero-order valence-electron chi connectivity index (χ0n) is 4.57. The van der Waals surface area contributed by atoms with E-state index in [0.717, 1.165) is 6.92 Å². The Labute approximate surface area is 100.0 Å². The van der Waals surface area contributed by atoms with Crippen molar-refractivity contribution < 1.29 is 61.3 Å². The normalized spacial score (nSPS) is 9.88. The molecule has 0 rings (SSSR count). The maximum atomic E-state index is 9.65. The summed E-state index contributed by atoms with van der Waals surface area (Å²) in [4.78, 5) is 9.65. The quantitative estimate of drug-likeness (QED) is 0.318. The molecule has 0 aromatic carbocycles. The average molecular weight is 181 g/mol. The van der Waals surface area contributed by atoms with Gasteiger partial charge in [-0.15, -0.1) is 0 Å². The predicted molar refractivity (Wildman–Crippen MR) is 25.1 cm³/mol. The van der Waals surface area contributed by atoms with E-state index in [-0.39, 0.29) is 51.4 Å². The second-order valence-corrected chi connectivity index (χ2v) is 2.88. The number of hydrogen-bond donors (Lipinski definition) is 0. The van der Waals surface area contributed by atoms with Gasteiger partial charge in [0.2, 0.25) is 0 Å². The van der Waals surface area contributed by atoms with Gasteiger partial charge in [-0.05, 0) is 6.92 Å². The van der Waals surface area contributed by atoms with Crippen molar-refractivity contribution >= 4 is 29.2 Å². The fourth-order valence-electron chi connectivity index (χ4n) is 0. The molecule has 0 aromatic rings. The number of rotatable bonds is 1. The van der Waals surface area contributed by atoms with Gasteiger partial charge in [0.1, 0.15) is 0 Å². The Kier molecular flexibility index (Phi) is 6.95. The summed E-state index contributed by atoms with van der Waals surface area (Å²) in [5, 5.41) is 9.65. The predicted octanol–water partition coefficient (Wildman–Crippen LogP) is -3.07. The van der Waals surface area contributed by atoms with Crippen molar-refractivity contribution in [1.82, 2.24) is 0 Å². The van der Waals surface area contributed by atoms with Crippen LogP contribution in [0.3, 0.4) is 0 Å². The van der Waals surface area contributed by atoms with Gasteiger partial charge in [-0.3, -0.25) is 0 Å². The molecule has 0 aromatic heterocycles. The molecule has 0 bridgehead atoms. The van der Waals surface area contributed by atoms with Crippen LogP contribution in [0.2, 0.25) is 0 Å². The summed E-state index contributed by atoms with van der Waals surface area (Å²) in [7, 11) is 0. The molecule has 5 heteroatoms. The molecule has 2 nitrogen and oxygen atoms in total. The molecule has 0 aliphatic rings. The third-order valence-corrected chi connectivity index (χ3v) is 0.667. The number of halogens is 2. The molecule has 0 saturated carbocycles. The van der Waals surface area contributed by atoms with E-state index < -0.39 is 10.3 Å². The molecule has 0 aliphatic heterocycles. The fraction of sp³-hybridized carbons (Fsp3) is 0.667. The van der Waals surface area contributed by atoms with Gasteiger partial charge in [-0.2, -0.15) is 0 Å². The first-order chi connectivity index (χ1) is 2.94. The smallest absolute Gasteiger partial charge is 0.547 e. The molecular weight excluding hydrogens is 178 g/mol. The third-order valence-electron chi connectivity index (χ3n) is 0.358. The fourth-order valence-corrected chi connectivity index (χ4v) is 0. The van der Waals surface area contributed by atoms with Gasteiger partial charge in [0.15, 0.2) is 4.33 Å². The number of hydrogen-bond acceptors (Lipinski definition) is 2. The van der Waals surface area contributed by atoms with Gasteiger partial charge in [-0.1, -0.05) is 23.2 Å². The van der Waals surface area contributed by atoms with Gasteiger partial charge in [0.05, 0.1) is 5.97 Å². The molecule has 0 radical (unpaired) electrons. The molecule has 8 heavy (non-hydrogen) atoms. The Morgan fingerprint density at radius 3 is 1.75 bits per heavy atom. The number of carbonyl (C=O) groups is 1. The summed E-state index contributed by atoms with van der Waals surface area (Å²) in [5.74, 6) is -1.48. The van der Waals surface area contributed by atoms with Crippen molar-refractivity contribution in [1.29, 1.82) is 0 Å². The molecule has 0 fully saturated rings. The van der Waals surface area contributed by atoms with Crippen LogP contribution in [0.1, 0.15) is 6.92 Å². The van der Waals surface area contributed by atoms with E-state index in [4.69, 9.17) is 23.2 Å². The van der Waals surface area contributed by atoms with Crippen LogP contribution in [0, 0.1) is 0 Å². The van der Waals surface area contributed by atoms with Crippen molar-refractivity contribution in [3.8, 4) is 0 Å². The molecule has 0 heterocycles. The number of alkyl halides is 2. The monoisotopic (exact) mass is 180 g/mol. The zero-order valence-corrected chi connectivity index (χ0v) is 9.21. The minimum Gasteiger partial charge on any atom is -0.547 e. The summed E-state index contributed by atoms with van der Waals surface area (Å²) < 4.78 is -1.75. The van der Waals surface area contributed by atoms with E-state index >= 15 is 0 Å². The number of carboxylic acids is 1. The maximum absolute atomic E-state index is 9.65. The van der Waals surface area contributed by atoms with Crippen molar-refractivity contribution in [2.45, 2.75) is 11.3 Å². The summed E-state index contributed by atoms with van der Waals surface area (Å²) in [6.45, 7) is 1.13. The van der Waals surface area contributed by atoms with Crippen molar-refractivity contribution in [2.24, 2.45) is 0 Å². The zero-order chi connectivity index (χ0) is 6.08. The van der Waals surface area contributed by atoms with Crippen LogP contribution in [-0.2, 0) is 4.79 Å². The molecule has 0 N–H and O–H groups in total. The van der Waals surface area contributed by atoms with Crippen LogP contribution in [0.25, 0.3) is 0 Å². The molecule has 0 amide bonds.